The van der Waals surface area contributed by atoms with Crippen LogP contribution in [0.2, 0.25) is 0 Å². The van der Waals surface area contributed by atoms with Gasteiger partial charge in [-0.1, -0.05) is 12.1 Å². The molecule has 0 aliphatic heterocycles. The fraction of sp³-hybridized carbons (Fsp3) is 0.222. The SMILES string of the molecule is COc1ccc(C(=O)NNC(=S)Nc2ccccc2F)cc1S(=O)(=O)NC(C)C. The van der Waals surface area contributed by atoms with Gasteiger partial charge in [0.1, 0.15) is 16.5 Å². The van der Waals surface area contributed by atoms with Crippen LogP contribution < -0.4 is 25.6 Å². The number of amides is 1. The van der Waals surface area contributed by atoms with Crippen molar-refractivity contribution in [1.82, 2.24) is 15.6 Å². The number of halogens is 1. The molecule has 0 unspecified atom stereocenters. The van der Waals surface area contributed by atoms with Crippen molar-refractivity contribution in [3.63, 3.8) is 0 Å². The van der Waals surface area contributed by atoms with E-state index in [1.807, 2.05) is 0 Å². The van der Waals surface area contributed by atoms with Crippen LogP contribution in [0.1, 0.15) is 24.2 Å². The number of anilines is 1. The Labute approximate surface area is 173 Å². The average Bonchev–Trinajstić information content (AvgIpc) is 2.66. The summed E-state index contributed by atoms with van der Waals surface area (Å²) in [7, 11) is -2.56. The van der Waals surface area contributed by atoms with Crippen LogP contribution in [0.5, 0.6) is 5.75 Å². The van der Waals surface area contributed by atoms with E-state index in [4.69, 9.17) is 17.0 Å². The Hall–Kier alpha value is -2.76. The van der Waals surface area contributed by atoms with Crippen LogP contribution in [0, 0.1) is 5.82 Å². The van der Waals surface area contributed by atoms with Gasteiger partial charge in [0.25, 0.3) is 5.91 Å². The van der Waals surface area contributed by atoms with Gasteiger partial charge in [-0.3, -0.25) is 15.6 Å². The maximum Gasteiger partial charge on any atom is 0.269 e. The molecule has 0 aliphatic carbocycles. The lowest BCUT2D eigenvalue weighted by Crippen LogP contribution is -2.44. The number of benzene rings is 2. The molecule has 0 aliphatic rings. The third-order valence-electron chi connectivity index (χ3n) is 3.52. The summed E-state index contributed by atoms with van der Waals surface area (Å²) in [5.41, 5.74) is 4.95. The Morgan fingerprint density at radius 2 is 1.83 bits per heavy atom. The largest absolute Gasteiger partial charge is 0.495 e. The highest BCUT2D eigenvalue weighted by atomic mass is 32.2. The molecular formula is C18H21FN4O4S2. The van der Waals surface area contributed by atoms with Gasteiger partial charge in [0.15, 0.2) is 5.11 Å². The highest BCUT2D eigenvalue weighted by Gasteiger charge is 2.22. The van der Waals surface area contributed by atoms with Gasteiger partial charge in [0.2, 0.25) is 10.0 Å². The van der Waals surface area contributed by atoms with Crippen molar-refractivity contribution in [2.45, 2.75) is 24.8 Å². The van der Waals surface area contributed by atoms with E-state index >= 15 is 0 Å². The van der Waals surface area contributed by atoms with Crippen LogP contribution in [0.3, 0.4) is 0 Å². The molecule has 0 spiro atoms. The number of ether oxygens (including phenoxy) is 1. The zero-order valence-electron chi connectivity index (χ0n) is 15.9. The molecule has 2 rings (SSSR count). The van der Waals surface area contributed by atoms with Gasteiger partial charge >= 0.3 is 0 Å². The van der Waals surface area contributed by atoms with E-state index in [1.165, 1.54) is 43.5 Å². The summed E-state index contributed by atoms with van der Waals surface area (Å²) in [5, 5.41) is 2.55. The van der Waals surface area contributed by atoms with E-state index in [-0.39, 0.29) is 33.1 Å². The number of nitrogens with one attached hydrogen (secondary N) is 4. The molecule has 29 heavy (non-hydrogen) atoms. The number of carbonyl (C=O) groups excluding carboxylic acids is 1. The zero-order valence-corrected chi connectivity index (χ0v) is 17.6. The van der Waals surface area contributed by atoms with Crippen LogP contribution in [0.25, 0.3) is 0 Å². The van der Waals surface area contributed by atoms with Gasteiger partial charge in [0, 0.05) is 11.6 Å². The molecule has 156 valence electrons. The molecule has 0 atom stereocenters. The number of sulfonamides is 1. The lowest BCUT2D eigenvalue weighted by Gasteiger charge is -2.15. The number of para-hydroxylation sites is 1. The third-order valence-corrected chi connectivity index (χ3v) is 5.40. The lowest BCUT2D eigenvalue weighted by atomic mass is 10.2. The number of hydrazine groups is 1. The number of hydrogen-bond acceptors (Lipinski definition) is 5. The Kier molecular flexibility index (Phi) is 7.48. The van der Waals surface area contributed by atoms with Crippen molar-refractivity contribution >= 4 is 38.9 Å². The molecule has 0 fully saturated rings. The van der Waals surface area contributed by atoms with Crippen molar-refractivity contribution in [2.24, 2.45) is 0 Å². The predicted molar refractivity (Wildman–Crippen MR) is 112 cm³/mol. The van der Waals surface area contributed by atoms with E-state index in [0.29, 0.717) is 0 Å². The molecule has 8 nitrogen and oxygen atoms in total. The molecule has 2 aromatic carbocycles. The molecule has 11 heteroatoms. The minimum absolute atomic E-state index is 0.0497. The highest BCUT2D eigenvalue weighted by molar-refractivity contribution is 7.89. The van der Waals surface area contributed by atoms with E-state index in [0.717, 1.165) is 0 Å². The van der Waals surface area contributed by atoms with E-state index in [2.05, 4.69) is 20.9 Å². The van der Waals surface area contributed by atoms with Crippen molar-refractivity contribution in [3.05, 3.63) is 53.8 Å². The maximum absolute atomic E-state index is 13.6. The maximum atomic E-state index is 13.6. The summed E-state index contributed by atoms with van der Waals surface area (Å²) in [6.45, 7) is 3.35. The predicted octanol–water partition coefficient (Wildman–Crippen LogP) is 2.15. The van der Waals surface area contributed by atoms with Crippen LogP contribution >= 0.6 is 12.2 Å². The molecule has 4 N–H and O–H groups in total. The third kappa shape index (κ3) is 6.11. The van der Waals surface area contributed by atoms with Gasteiger partial charge in [-0.25, -0.2) is 17.5 Å². The molecule has 0 saturated carbocycles. The fourth-order valence-corrected chi connectivity index (χ4v) is 3.91. The van der Waals surface area contributed by atoms with Crippen LogP contribution in [0.15, 0.2) is 47.4 Å². The standard InChI is InChI=1S/C18H21FN4O4S2/c1-11(2)23-29(25,26)16-10-12(8-9-15(16)27-3)17(24)21-22-18(28)20-14-7-5-4-6-13(14)19/h4-11,23H,1-3H3,(H,21,24)(H2,20,22,28). The van der Waals surface area contributed by atoms with Crippen LogP contribution in [0.4, 0.5) is 10.1 Å². The molecule has 0 saturated heterocycles. The zero-order chi connectivity index (χ0) is 21.6. The van der Waals surface area contributed by atoms with Crippen molar-refractivity contribution in [2.75, 3.05) is 12.4 Å². The Balaban J connectivity index is 2.12. The summed E-state index contributed by atoms with van der Waals surface area (Å²) in [6, 6.07) is 9.51. The molecule has 1 amide bonds. The molecule has 2 aromatic rings. The number of rotatable bonds is 6. The number of carbonyl (C=O) groups is 1. The van der Waals surface area contributed by atoms with E-state index < -0.39 is 21.7 Å². The second-order valence-corrected chi connectivity index (χ2v) is 8.25. The topological polar surface area (TPSA) is 109 Å². The van der Waals surface area contributed by atoms with Gasteiger partial charge < -0.3 is 10.1 Å². The number of methoxy groups -OCH3 is 1. The molecule has 0 radical (unpaired) electrons. The summed E-state index contributed by atoms with van der Waals surface area (Å²) in [6.07, 6.45) is 0. The van der Waals surface area contributed by atoms with Gasteiger partial charge in [-0.05, 0) is 56.4 Å². The van der Waals surface area contributed by atoms with Crippen LogP contribution in [-0.4, -0.2) is 32.6 Å². The number of hydrogen-bond donors (Lipinski definition) is 4. The average molecular weight is 441 g/mol. The molecule has 0 bridgehead atoms. The molecule has 0 aromatic heterocycles. The molecule has 0 heterocycles. The van der Waals surface area contributed by atoms with Crippen molar-refractivity contribution < 1.29 is 22.3 Å². The quantitative estimate of drug-likeness (QED) is 0.403. The summed E-state index contributed by atoms with van der Waals surface area (Å²) in [4.78, 5) is 12.2. The lowest BCUT2D eigenvalue weighted by molar-refractivity contribution is 0.0944. The minimum Gasteiger partial charge on any atom is -0.495 e. The Bertz CT molecular complexity index is 1010. The minimum atomic E-state index is -3.89. The Morgan fingerprint density at radius 3 is 2.45 bits per heavy atom. The second kappa shape index (κ2) is 9.63. The van der Waals surface area contributed by atoms with Gasteiger partial charge in [0.05, 0.1) is 12.8 Å². The first-order valence-electron chi connectivity index (χ1n) is 8.46. The smallest absolute Gasteiger partial charge is 0.269 e. The van der Waals surface area contributed by atoms with Crippen molar-refractivity contribution in [3.8, 4) is 5.75 Å². The summed E-state index contributed by atoms with van der Waals surface area (Å²) >= 11 is 5.01. The normalized spacial score (nSPS) is 11.1. The number of thiocarbonyl (C=S) groups is 1. The first-order valence-corrected chi connectivity index (χ1v) is 10.4. The second-order valence-electron chi connectivity index (χ2n) is 6.15. The van der Waals surface area contributed by atoms with E-state index in [9.17, 15) is 17.6 Å². The highest BCUT2D eigenvalue weighted by Crippen LogP contribution is 2.25. The van der Waals surface area contributed by atoms with E-state index in [1.54, 1.807) is 19.9 Å². The van der Waals surface area contributed by atoms with Crippen LogP contribution in [-0.2, 0) is 10.0 Å². The first-order chi connectivity index (χ1) is 13.6. The monoisotopic (exact) mass is 440 g/mol. The first kappa shape index (κ1) is 22.5. The summed E-state index contributed by atoms with van der Waals surface area (Å²) < 4.78 is 46.1. The molecular weight excluding hydrogens is 419 g/mol. The Morgan fingerprint density at radius 1 is 1.14 bits per heavy atom. The fourth-order valence-electron chi connectivity index (χ4n) is 2.30. The van der Waals surface area contributed by atoms with Gasteiger partial charge in [-0.2, -0.15) is 0 Å². The van der Waals surface area contributed by atoms with Gasteiger partial charge in [-0.15, -0.1) is 0 Å². The van der Waals surface area contributed by atoms with Crippen molar-refractivity contribution in [1.29, 1.82) is 0 Å². The summed E-state index contributed by atoms with van der Waals surface area (Å²) in [5.74, 6) is -1.06.